The first-order valence-corrected chi connectivity index (χ1v) is 7.04. The normalized spacial score (nSPS) is 12.9. The standard InChI is InChI=1S/C17H18F3NO/c1-21-11-10-16(13-6-3-2-4-7-13)22-15-9-5-8-14(12-15)17(18,19)20/h2-9,12,16,21H,10-11H2,1H3/t16-/m1/s1. The molecule has 2 aromatic rings. The highest BCUT2D eigenvalue weighted by Crippen LogP contribution is 2.33. The summed E-state index contributed by atoms with van der Waals surface area (Å²) in [6.45, 7) is 0.707. The summed E-state index contributed by atoms with van der Waals surface area (Å²) in [5, 5.41) is 3.03. The molecule has 0 unspecified atom stereocenters. The summed E-state index contributed by atoms with van der Waals surface area (Å²) in [4.78, 5) is 0. The van der Waals surface area contributed by atoms with Gasteiger partial charge in [-0.2, -0.15) is 13.2 Å². The molecule has 0 saturated carbocycles. The van der Waals surface area contributed by atoms with Gasteiger partial charge in [0.15, 0.2) is 0 Å². The Balaban J connectivity index is 2.20. The van der Waals surface area contributed by atoms with E-state index >= 15 is 0 Å². The van der Waals surface area contributed by atoms with Gasteiger partial charge in [0.05, 0.1) is 5.56 Å². The summed E-state index contributed by atoms with van der Waals surface area (Å²) >= 11 is 0. The number of hydrogen-bond donors (Lipinski definition) is 1. The van der Waals surface area contributed by atoms with E-state index in [1.165, 1.54) is 6.07 Å². The Morgan fingerprint density at radius 3 is 2.41 bits per heavy atom. The highest BCUT2D eigenvalue weighted by atomic mass is 19.4. The summed E-state index contributed by atoms with van der Waals surface area (Å²) in [7, 11) is 1.83. The lowest BCUT2D eigenvalue weighted by Gasteiger charge is -2.20. The van der Waals surface area contributed by atoms with Crippen LogP contribution < -0.4 is 10.1 Å². The quantitative estimate of drug-likeness (QED) is 0.852. The van der Waals surface area contributed by atoms with Crippen molar-refractivity contribution in [3.8, 4) is 5.75 Å². The highest BCUT2D eigenvalue weighted by Gasteiger charge is 2.30. The van der Waals surface area contributed by atoms with Gasteiger partial charge in [-0.1, -0.05) is 36.4 Å². The van der Waals surface area contributed by atoms with Gasteiger partial charge in [-0.25, -0.2) is 0 Å². The molecule has 0 radical (unpaired) electrons. The van der Waals surface area contributed by atoms with Gasteiger partial charge in [0.1, 0.15) is 11.9 Å². The van der Waals surface area contributed by atoms with E-state index in [1.807, 2.05) is 37.4 Å². The Morgan fingerprint density at radius 2 is 1.77 bits per heavy atom. The second-order valence-corrected chi connectivity index (χ2v) is 4.93. The van der Waals surface area contributed by atoms with Gasteiger partial charge in [-0.15, -0.1) is 0 Å². The van der Waals surface area contributed by atoms with Crippen LogP contribution in [0.4, 0.5) is 13.2 Å². The predicted molar refractivity (Wildman–Crippen MR) is 79.8 cm³/mol. The third-order valence-electron chi connectivity index (χ3n) is 3.27. The first-order chi connectivity index (χ1) is 10.5. The maximum absolute atomic E-state index is 12.8. The lowest BCUT2D eigenvalue weighted by molar-refractivity contribution is -0.137. The number of halogens is 3. The van der Waals surface area contributed by atoms with Gasteiger partial charge in [-0.05, 0) is 37.4 Å². The number of nitrogens with one attached hydrogen (secondary N) is 1. The van der Waals surface area contributed by atoms with Crippen LogP contribution in [0.25, 0.3) is 0 Å². The maximum Gasteiger partial charge on any atom is 0.416 e. The molecule has 0 aliphatic heterocycles. The zero-order valence-electron chi connectivity index (χ0n) is 12.2. The lowest BCUT2D eigenvalue weighted by Crippen LogP contribution is -2.16. The molecular formula is C17H18F3NO. The fourth-order valence-electron chi connectivity index (χ4n) is 2.15. The molecule has 118 valence electrons. The van der Waals surface area contributed by atoms with Gasteiger partial charge in [0, 0.05) is 6.42 Å². The third kappa shape index (κ3) is 4.49. The van der Waals surface area contributed by atoms with E-state index in [9.17, 15) is 13.2 Å². The second kappa shape index (κ2) is 7.31. The molecule has 0 amide bonds. The minimum Gasteiger partial charge on any atom is -0.486 e. The smallest absolute Gasteiger partial charge is 0.416 e. The van der Waals surface area contributed by atoms with E-state index in [0.29, 0.717) is 13.0 Å². The minimum absolute atomic E-state index is 0.222. The predicted octanol–water partition coefficient (Wildman–Crippen LogP) is 4.44. The molecule has 22 heavy (non-hydrogen) atoms. The monoisotopic (exact) mass is 309 g/mol. The van der Waals surface area contributed by atoms with Crippen LogP contribution in [0.3, 0.4) is 0 Å². The fraction of sp³-hybridized carbons (Fsp3) is 0.294. The summed E-state index contributed by atoms with van der Waals surface area (Å²) in [6.07, 6.45) is -4.00. The molecular weight excluding hydrogens is 291 g/mol. The summed E-state index contributed by atoms with van der Waals surface area (Å²) < 4.78 is 44.1. The Hall–Kier alpha value is -2.01. The molecule has 0 aliphatic carbocycles. The molecule has 0 saturated heterocycles. The Labute approximate surface area is 127 Å². The van der Waals surface area contributed by atoms with E-state index in [0.717, 1.165) is 17.7 Å². The first kappa shape index (κ1) is 16.4. The van der Waals surface area contributed by atoms with Crippen molar-refractivity contribution < 1.29 is 17.9 Å². The number of ether oxygens (including phenoxy) is 1. The van der Waals surface area contributed by atoms with Crippen molar-refractivity contribution in [2.24, 2.45) is 0 Å². The van der Waals surface area contributed by atoms with Crippen molar-refractivity contribution in [2.45, 2.75) is 18.7 Å². The van der Waals surface area contributed by atoms with Crippen molar-refractivity contribution in [3.05, 3.63) is 65.7 Å². The fourth-order valence-corrected chi connectivity index (χ4v) is 2.15. The third-order valence-corrected chi connectivity index (χ3v) is 3.27. The van der Waals surface area contributed by atoms with Crippen molar-refractivity contribution >= 4 is 0 Å². The molecule has 2 rings (SSSR count). The first-order valence-electron chi connectivity index (χ1n) is 7.04. The van der Waals surface area contributed by atoms with Crippen LogP contribution >= 0.6 is 0 Å². The van der Waals surface area contributed by atoms with Gasteiger partial charge >= 0.3 is 6.18 Å². The molecule has 0 aromatic heterocycles. The van der Waals surface area contributed by atoms with Crippen LogP contribution in [0.2, 0.25) is 0 Å². The van der Waals surface area contributed by atoms with E-state index in [4.69, 9.17) is 4.74 Å². The van der Waals surface area contributed by atoms with Gasteiger partial charge in [0.2, 0.25) is 0 Å². The zero-order valence-corrected chi connectivity index (χ0v) is 12.2. The number of hydrogen-bond acceptors (Lipinski definition) is 2. The average Bonchev–Trinajstić information content (AvgIpc) is 2.52. The van der Waals surface area contributed by atoms with Crippen molar-refractivity contribution in [3.63, 3.8) is 0 Å². The van der Waals surface area contributed by atoms with Crippen molar-refractivity contribution in [2.75, 3.05) is 13.6 Å². The Morgan fingerprint density at radius 1 is 1.05 bits per heavy atom. The van der Waals surface area contributed by atoms with E-state index < -0.39 is 11.7 Å². The second-order valence-electron chi connectivity index (χ2n) is 4.93. The van der Waals surface area contributed by atoms with Crippen molar-refractivity contribution in [1.29, 1.82) is 0 Å². The maximum atomic E-state index is 12.8. The Kier molecular flexibility index (Phi) is 5.44. The van der Waals surface area contributed by atoms with Gasteiger partial charge < -0.3 is 10.1 Å². The van der Waals surface area contributed by atoms with Crippen LogP contribution in [0.5, 0.6) is 5.75 Å². The molecule has 0 bridgehead atoms. The van der Waals surface area contributed by atoms with Crippen LogP contribution in [-0.2, 0) is 6.18 Å². The van der Waals surface area contributed by atoms with E-state index in [-0.39, 0.29) is 11.9 Å². The molecule has 1 atom stereocenters. The molecule has 0 heterocycles. The Bertz CT molecular complexity index is 584. The number of benzene rings is 2. The summed E-state index contributed by atoms with van der Waals surface area (Å²) in [6, 6.07) is 14.5. The summed E-state index contributed by atoms with van der Waals surface area (Å²) in [5.41, 5.74) is 0.237. The van der Waals surface area contributed by atoms with Crippen LogP contribution in [0.15, 0.2) is 54.6 Å². The largest absolute Gasteiger partial charge is 0.486 e. The number of rotatable bonds is 6. The molecule has 0 aliphatic rings. The SMILES string of the molecule is CNCC[C@@H](Oc1cccc(C(F)(F)F)c1)c1ccccc1. The van der Waals surface area contributed by atoms with E-state index in [1.54, 1.807) is 6.07 Å². The molecule has 5 heteroatoms. The molecule has 2 aromatic carbocycles. The van der Waals surface area contributed by atoms with Gasteiger partial charge in [0.25, 0.3) is 0 Å². The molecule has 0 fully saturated rings. The molecule has 1 N–H and O–H groups in total. The van der Waals surface area contributed by atoms with Crippen molar-refractivity contribution in [1.82, 2.24) is 5.32 Å². The summed E-state index contributed by atoms with van der Waals surface area (Å²) in [5.74, 6) is 0.222. The van der Waals surface area contributed by atoms with Crippen LogP contribution in [0, 0.1) is 0 Å². The van der Waals surface area contributed by atoms with Crippen LogP contribution in [-0.4, -0.2) is 13.6 Å². The van der Waals surface area contributed by atoms with Gasteiger partial charge in [-0.3, -0.25) is 0 Å². The minimum atomic E-state index is -4.37. The topological polar surface area (TPSA) is 21.3 Å². The number of alkyl halides is 3. The van der Waals surface area contributed by atoms with Crippen LogP contribution in [0.1, 0.15) is 23.7 Å². The highest BCUT2D eigenvalue weighted by molar-refractivity contribution is 5.31. The average molecular weight is 309 g/mol. The molecule has 2 nitrogen and oxygen atoms in total. The lowest BCUT2D eigenvalue weighted by atomic mass is 10.1. The zero-order chi connectivity index (χ0) is 16.0. The molecule has 0 spiro atoms. The van der Waals surface area contributed by atoms with E-state index in [2.05, 4.69) is 5.32 Å².